The van der Waals surface area contributed by atoms with Gasteiger partial charge in [0.1, 0.15) is 0 Å². The molecule has 1 aromatic carbocycles. The first kappa shape index (κ1) is 12.3. The highest BCUT2D eigenvalue weighted by molar-refractivity contribution is 6.10. The van der Waals surface area contributed by atoms with Crippen molar-refractivity contribution in [3.63, 3.8) is 0 Å². The number of carbonyl (C=O) groups is 1. The van der Waals surface area contributed by atoms with E-state index in [0.29, 0.717) is 5.56 Å². The minimum Gasteiger partial charge on any atom is -0.327 e. The van der Waals surface area contributed by atoms with Crippen molar-refractivity contribution in [2.75, 3.05) is 0 Å². The van der Waals surface area contributed by atoms with Crippen LogP contribution in [0, 0.1) is 5.41 Å². The van der Waals surface area contributed by atoms with Crippen LogP contribution >= 0.6 is 0 Å². The number of ketones is 1. The maximum absolute atomic E-state index is 12.9. The molecule has 1 aliphatic rings. The lowest BCUT2D eigenvalue weighted by atomic mass is 9.77. The van der Waals surface area contributed by atoms with Crippen LogP contribution in [0.5, 0.6) is 0 Å². The van der Waals surface area contributed by atoms with Crippen LogP contribution in [0.3, 0.4) is 0 Å². The molecule has 0 saturated heterocycles. The van der Waals surface area contributed by atoms with Crippen molar-refractivity contribution in [1.82, 2.24) is 4.98 Å². The quantitative estimate of drug-likeness (QED) is 0.838. The van der Waals surface area contributed by atoms with Gasteiger partial charge in [-0.3, -0.25) is 9.78 Å². The van der Waals surface area contributed by atoms with Crippen LogP contribution in [0.15, 0.2) is 36.7 Å². The molecule has 1 aromatic heterocycles. The lowest BCUT2D eigenvalue weighted by Gasteiger charge is -2.27. The molecule has 3 rings (SSSR count). The summed E-state index contributed by atoms with van der Waals surface area (Å²) in [6.07, 6.45) is 6.31. The van der Waals surface area contributed by atoms with Crippen molar-refractivity contribution in [2.24, 2.45) is 11.1 Å². The minimum absolute atomic E-state index is 0.0426. The van der Waals surface area contributed by atoms with Gasteiger partial charge in [-0.05, 0) is 18.2 Å². The molecule has 2 atom stereocenters. The Morgan fingerprint density at radius 1 is 1.37 bits per heavy atom. The number of hydrogen-bond acceptors (Lipinski definition) is 3. The number of aromatic nitrogens is 1. The molecule has 2 aromatic rings. The van der Waals surface area contributed by atoms with Gasteiger partial charge in [-0.25, -0.2) is 0 Å². The minimum atomic E-state index is -0.439. The Morgan fingerprint density at radius 3 is 2.89 bits per heavy atom. The molecular weight excluding hydrogens is 236 g/mol. The summed E-state index contributed by atoms with van der Waals surface area (Å²) in [5, 5.41) is 1.98. The molecular formula is C16H18N2O. The Bertz CT molecular complexity index is 632. The summed E-state index contributed by atoms with van der Waals surface area (Å²) >= 11 is 0. The fraction of sp³-hybridized carbons (Fsp3) is 0.375. The Morgan fingerprint density at radius 2 is 2.16 bits per heavy atom. The molecule has 98 valence electrons. The van der Waals surface area contributed by atoms with Crippen molar-refractivity contribution in [3.05, 3.63) is 42.2 Å². The van der Waals surface area contributed by atoms with E-state index in [1.165, 1.54) is 0 Å². The normalized spacial score (nSPS) is 26.7. The zero-order valence-corrected chi connectivity index (χ0v) is 11.1. The highest BCUT2D eigenvalue weighted by atomic mass is 16.1. The van der Waals surface area contributed by atoms with E-state index < -0.39 is 5.41 Å². The summed E-state index contributed by atoms with van der Waals surface area (Å²) < 4.78 is 0. The maximum Gasteiger partial charge on any atom is 0.172 e. The van der Waals surface area contributed by atoms with Crippen molar-refractivity contribution < 1.29 is 4.79 Å². The van der Waals surface area contributed by atoms with E-state index in [1.807, 2.05) is 31.2 Å². The lowest BCUT2D eigenvalue weighted by Crippen LogP contribution is -2.41. The van der Waals surface area contributed by atoms with Crippen LogP contribution in [-0.4, -0.2) is 16.8 Å². The molecule has 19 heavy (non-hydrogen) atoms. The second-order valence-electron chi connectivity index (χ2n) is 5.65. The Kier molecular flexibility index (Phi) is 2.86. The lowest BCUT2D eigenvalue weighted by molar-refractivity contribution is 0.0804. The van der Waals surface area contributed by atoms with Gasteiger partial charge in [0.25, 0.3) is 0 Å². The van der Waals surface area contributed by atoms with Gasteiger partial charge in [-0.15, -0.1) is 0 Å². The summed E-state index contributed by atoms with van der Waals surface area (Å²) in [5.41, 5.74) is 6.42. The zero-order chi connectivity index (χ0) is 13.5. The third kappa shape index (κ3) is 1.85. The highest BCUT2D eigenvalue weighted by Crippen LogP contribution is 2.40. The average molecular weight is 254 g/mol. The van der Waals surface area contributed by atoms with Gasteiger partial charge in [-0.1, -0.05) is 37.6 Å². The smallest absolute Gasteiger partial charge is 0.172 e. The fourth-order valence-electron chi connectivity index (χ4n) is 3.08. The Balaban J connectivity index is 2.12. The van der Waals surface area contributed by atoms with Gasteiger partial charge in [0, 0.05) is 34.8 Å². The number of nitrogens with zero attached hydrogens (tertiary/aromatic N) is 1. The number of nitrogens with two attached hydrogens (primary N) is 1. The number of hydrogen-bond donors (Lipinski definition) is 1. The van der Waals surface area contributed by atoms with Crippen molar-refractivity contribution in [3.8, 4) is 0 Å². The first-order valence-corrected chi connectivity index (χ1v) is 6.76. The van der Waals surface area contributed by atoms with E-state index in [2.05, 4.69) is 4.98 Å². The predicted octanol–water partition coefficient (Wildman–Crippen LogP) is 2.94. The molecule has 3 heteroatoms. The van der Waals surface area contributed by atoms with Crippen LogP contribution in [0.1, 0.15) is 36.5 Å². The summed E-state index contributed by atoms with van der Waals surface area (Å²) in [6.45, 7) is 1.99. The van der Waals surface area contributed by atoms with Gasteiger partial charge in [0.2, 0.25) is 0 Å². The summed E-state index contributed by atoms with van der Waals surface area (Å²) in [5.74, 6) is 0.141. The largest absolute Gasteiger partial charge is 0.327 e. The summed E-state index contributed by atoms with van der Waals surface area (Å²) in [4.78, 5) is 17.1. The number of rotatable bonds is 2. The van der Waals surface area contributed by atoms with Gasteiger partial charge in [0.05, 0.1) is 0 Å². The summed E-state index contributed by atoms with van der Waals surface area (Å²) in [7, 11) is 0. The number of carbonyl (C=O) groups excluding carboxylic acids is 1. The molecule has 0 amide bonds. The topological polar surface area (TPSA) is 56.0 Å². The van der Waals surface area contributed by atoms with Crippen LogP contribution in [0.2, 0.25) is 0 Å². The molecule has 1 fully saturated rings. The van der Waals surface area contributed by atoms with Gasteiger partial charge in [-0.2, -0.15) is 0 Å². The third-order valence-corrected chi connectivity index (χ3v) is 4.46. The third-order valence-electron chi connectivity index (χ3n) is 4.46. The molecule has 3 nitrogen and oxygen atoms in total. The highest BCUT2D eigenvalue weighted by Gasteiger charge is 2.43. The van der Waals surface area contributed by atoms with E-state index >= 15 is 0 Å². The van der Waals surface area contributed by atoms with Gasteiger partial charge >= 0.3 is 0 Å². The first-order valence-electron chi connectivity index (χ1n) is 6.76. The predicted molar refractivity (Wildman–Crippen MR) is 76.0 cm³/mol. The molecule has 0 aliphatic heterocycles. The fourth-order valence-corrected chi connectivity index (χ4v) is 3.08. The number of pyridine rings is 1. The molecule has 1 saturated carbocycles. The molecule has 0 radical (unpaired) electrons. The van der Waals surface area contributed by atoms with Crippen molar-refractivity contribution in [1.29, 1.82) is 0 Å². The molecule has 2 unspecified atom stereocenters. The standard InChI is InChI=1S/C16H18N2O/c1-16(8-4-7-14(16)17)15(19)13-10-18-9-11-5-2-3-6-12(11)13/h2-3,5-6,9-10,14H,4,7-8,17H2,1H3. The van der Waals surface area contributed by atoms with Crippen LogP contribution in [0.25, 0.3) is 10.8 Å². The SMILES string of the molecule is CC1(C(=O)c2cncc3ccccc23)CCCC1N. The van der Waals surface area contributed by atoms with Crippen molar-refractivity contribution in [2.45, 2.75) is 32.2 Å². The molecule has 1 heterocycles. The van der Waals surface area contributed by atoms with Gasteiger partial charge in [0.15, 0.2) is 5.78 Å². The van der Waals surface area contributed by atoms with E-state index in [1.54, 1.807) is 12.4 Å². The summed E-state index contributed by atoms with van der Waals surface area (Å²) in [6, 6.07) is 7.83. The second-order valence-corrected chi connectivity index (χ2v) is 5.65. The Labute approximate surface area is 112 Å². The number of fused-ring (bicyclic) bond motifs is 1. The molecule has 1 aliphatic carbocycles. The van der Waals surface area contributed by atoms with Crippen LogP contribution in [-0.2, 0) is 0 Å². The molecule has 0 spiro atoms. The maximum atomic E-state index is 12.9. The first-order chi connectivity index (χ1) is 9.13. The molecule has 0 bridgehead atoms. The van der Waals surface area contributed by atoms with Gasteiger partial charge < -0.3 is 5.73 Å². The van der Waals surface area contributed by atoms with Crippen LogP contribution < -0.4 is 5.73 Å². The number of benzene rings is 1. The Hall–Kier alpha value is -1.74. The van der Waals surface area contributed by atoms with E-state index in [4.69, 9.17) is 5.73 Å². The monoisotopic (exact) mass is 254 g/mol. The van der Waals surface area contributed by atoms with E-state index in [-0.39, 0.29) is 11.8 Å². The van der Waals surface area contributed by atoms with E-state index in [9.17, 15) is 4.79 Å². The van der Waals surface area contributed by atoms with E-state index in [0.717, 1.165) is 30.0 Å². The van der Waals surface area contributed by atoms with Crippen LogP contribution in [0.4, 0.5) is 0 Å². The molecule has 2 N–H and O–H groups in total. The second kappa shape index (κ2) is 4.42. The number of Topliss-reactive ketones (excluding diaryl/α,β-unsaturated/α-hetero) is 1. The average Bonchev–Trinajstić information content (AvgIpc) is 2.78. The zero-order valence-electron chi connectivity index (χ0n) is 11.1. The van der Waals surface area contributed by atoms with Crippen molar-refractivity contribution >= 4 is 16.6 Å².